The van der Waals surface area contributed by atoms with E-state index in [4.69, 9.17) is 17.3 Å². The highest BCUT2D eigenvalue weighted by atomic mass is 35.5. The van der Waals surface area contributed by atoms with E-state index < -0.39 is 23.3 Å². The number of aryl methyl sites for hydroxylation is 1. The first kappa shape index (κ1) is 23.5. The number of nitrogens with two attached hydrogens (primary N) is 1. The molecule has 1 aliphatic rings. The van der Waals surface area contributed by atoms with Gasteiger partial charge in [0.1, 0.15) is 5.82 Å². The van der Waals surface area contributed by atoms with Crippen molar-refractivity contribution in [2.45, 2.75) is 63.7 Å². The van der Waals surface area contributed by atoms with Crippen LogP contribution >= 0.6 is 11.6 Å². The fraction of sp³-hybridized carbons (Fsp3) is 0.571. The highest BCUT2D eigenvalue weighted by Gasteiger charge is 2.29. The third-order valence-electron chi connectivity index (χ3n) is 5.76. The zero-order valence-electron chi connectivity index (χ0n) is 17.7. The molecule has 3 rings (SSSR count). The molecule has 1 heterocycles. The number of nitrogens with zero attached hydrogens (tertiary/aromatic N) is 3. The summed E-state index contributed by atoms with van der Waals surface area (Å²) in [6, 6.07) is 4.61. The summed E-state index contributed by atoms with van der Waals surface area (Å²) in [4.78, 5) is 25.6. The van der Waals surface area contributed by atoms with E-state index in [1.165, 1.54) is 16.7 Å². The first-order chi connectivity index (χ1) is 14.7. The van der Waals surface area contributed by atoms with Gasteiger partial charge in [-0.25, -0.2) is 4.79 Å². The van der Waals surface area contributed by atoms with Crippen LogP contribution in [0.1, 0.15) is 54.7 Å². The molecule has 1 saturated carbocycles. The molecule has 0 aliphatic heterocycles. The third-order valence-corrected chi connectivity index (χ3v) is 6.09. The van der Waals surface area contributed by atoms with Crippen LogP contribution < -0.4 is 16.7 Å². The van der Waals surface area contributed by atoms with Crippen LogP contribution in [-0.4, -0.2) is 55.3 Å². The van der Waals surface area contributed by atoms with Crippen molar-refractivity contribution < 1.29 is 15.0 Å². The van der Waals surface area contributed by atoms with Crippen LogP contribution in [0.25, 0.3) is 5.69 Å². The minimum absolute atomic E-state index is 0.0225. The Kier molecular flexibility index (Phi) is 7.53. The van der Waals surface area contributed by atoms with Crippen LogP contribution in [0, 0.1) is 6.92 Å². The fourth-order valence-corrected chi connectivity index (χ4v) is 4.08. The van der Waals surface area contributed by atoms with Gasteiger partial charge in [-0.3, -0.25) is 9.36 Å². The number of rotatable bonds is 7. The van der Waals surface area contributed by atoms with Crippen LogP contribution in [0.4, 0.5) is 0 Å². The van der Waals surface area contributed by atoms with Gasteiger partial charge < -0.3 is 21.3 Å². The molecule has 1 unspecified atom stereocenters. The van der Waals surface area contributed by atoms with Gasteiger partial charge in [0, 0.05) is 13.1 Å². The number of amides is 1. The summed E-state index contributed by atoms with van der Waals surface area (Å²) in [5.74, 6) is -0.0127. The van der Waals surface area contributed by atoms with Crippen molar-refractivity contribution in [2.75, 3.05) is 13.1 Å². The maximum atomic E-state index is 12.8. The Morgan fingerprint density at radius 3 is 2.65 bits per heavy atom. The molecule has 9 nitrogen and oxygen atoms in total. The van der Waals surface area contributed by atoms with E-state index in [0.717, 1.165) is 30.4 Å². The molecule has 5 N–H and O–H groups in total. The first-order valence-corrected chi connectivity index (χ1v) is 11.0. The van der Waals surface area contributed by atoms with Crippen LogP contribution in [0.15, 0.2) is 23.0 Å². The molecule has 10 heteroatoms. The van der Waals surface area contributed by atoms with Gasteiger partial charge in [-0.1, -0.05) is 37.3 Å². The third kappa shape index (κ3) is 5.54. The molecule has 1 amide bonds. The highest BCUT2D eigenvalue weighted by molar-refractivity contribution is 6.33. The lowest BCUT2D eigenvalue weighted by Gasteiger charge is -2.26. The van der Waals surface area contributed by atoms with Gasteiger partial charge in [0.2, 0.25) is 0 Å². The Labute approximate surface area is 185 Å². The summed E-state index contributed by atoms with van der Waals surface area (Å²) in [5.41, 5.74) is 4.64. The summed E-state index contributed by atoms with van der Waals surface area (Å²) in [5, 5.41) is 27.8. The van der Waals surface area contributed by atoms with Crippen molar-refractivity contribution in [1.82, 2.24) is 19.7 Å². The van der Waals surface area contributed by atoms with E-state index in [-0.39, 0.29) is 30.2 Å². The Bertz CT molecular complexity index is 979. The van der Waals surface area contributed by atoms with E-state index in [1.807, 2.05) is 0 Å². The average Bonchev–Trinajstić information content (AvgIpc) is 2.91. The van der Waals surface area contributed by atoms with Crippen molar-refractivity contribution in [3.05, 3.63) is 45.1 Å². The number of nitrogens with one attached hydrogen (secondary N) is 1. The lowest BCUT2D eigenvalue weighted by atomic mass is 9.94. The van der Waals surface area contributed by atoms with Crippen molar-refractivity contribution in [3.63, 3.8) is 0 Å². The molecule has 2 aromatic rings. The SMILES string of the molecule is Cc1nn(-c2ccc(Cl)c(C(=O)NCC3(O)CCCCCC3)c2)c(=O)n1CC(O)CN. The fourth-order valence-electron chi connectivity index (χ4n) is 3.88. The van der Waals surface area contributed by atoms with Gasteiger partial charge in [-0.2, -0.15) is 9.78 Å². The molecular weight excluding hydrogens is 422 g/mol. The maximum Gasteiger partial charge on any atom is 0.350 e. The zero-order chi connectivity index (χ0) is 22.6. The van der Waals surface area contributed by atoms with E-state index in [2.05, 4.69) is 10.4 Å². The summed E-state index contributed by atoms with van der Waals surface area (Å²) in [6.07, 6.45) is 4.50. The number of carbonyl (C=O) groups is 1. The Hall–Kier alpha value is -2.20. The van der Waals surface area contributed by atoms with Gasteiger partial charge in [0.15, 0.2) is 0 Å². The molecule has 1 atom stereocenters. The molecule has 170 valence electrons. The largest absolute Gasteiger partial charge is 0.390 e. The Morgan fingerprint density at radius 1 is 1.32 bits per heavy atom. The Balaban J connectivity index is 1.81. The van der Waals surface area contributed by atoms with E-state index in [1.54, 1.807) is 13.0 Å². The van der Waals surface area contributed by atoms with E-state index in [0.29, 0.717) is 24.4 Å². The number of benzene rings is 1. The normalized spacial score (nSPS) is 17.2. The predicted octanol–water partition coefficient (Wildman–Crippen LogP) is 1.13. The van der Waals surface area contributed by atoms with Gasteiger partial charge >= 0.3 is 5.69 Å². The molecule has 0 radical (unpaired) electrons. The van der Waals surface area contributed by atoms with Gasteiger partial charge in [-0.05, 0) is 38.0 Å². The second-order valence-corrected chi connectivity index (χ2v) is 8.63. The summed E-state index contributed by atoms with van der Waals surface area (Å²) >= 11 is 6.24. The van der Waals surface area contributed by atoms with Gasteiger partial charge in [-0.15, -0.1) is 0 Å². The number of aliphatic hydroxyl groups is 2. The van der Waals surface area contributed by atoms with Crippen LogP contribution in [0.2, 0.25) is 5.02 Å². The van der Waals surface area contributed by atoms with Crippen LogP contribution in [-0.2, 0) is 6.54 Å². The number of aliphatic hydroxyl groups excluding tert-OH is 1. The van der Waals surface area contributed by atoms with Crippen molar-refractivity contribution in [2.24, 2.45) is 5.73 Å². The minimum Gasteiger partial charge on any atom is -0.390 e. The highest BCUT2D eigenvalue weighted by Crippen LogP contribution is 2.27. The predicted molar refractivity (Wildman–Crippen MR) is 118 cm³/mol. The molecule has 1 aliphatic carbocycles. The number of hydrogen-bond acceptors (Lipinski definition) is 6. The summed E-state index contributed by atoms with van der Waals surface area (Å²) in [6.45, 7) is 1.85. The summed E-state index contributed by atoms with van der Waals surface area (Å²) < 4.78 is 2.48. The standard InChI is InChI=1S/C21H30ClN5O4/c1-14-25-27(20(30)26(14)12-16(28)11-23)15-6-7-18(22)17(10-15)19(29)24-13-21(31)8-4-2-3-5-9-21/h6-7,10,16,28,31H,2-5,8-9,11-13,23H2,1H3,(H,24,29). The summed E-state index contributed by atoms with van der Waals surface area (Å²) in [7, 11) is 0. The lowest BCUT2D eigenvalue weighted by Crippen LogP contribution is -2.42. The molecule has 0 saturated heterocycles. The molecule has 31 heavy (non-hydrogen) atoms. The minimum atomic E-state index is -0.910. The van der Waals surface area contributed by atoms with Gasteiger partial charge in [0.05, 0.1) is 34.5 Å². The van der Waals surface area contributed by atoms with Crippen molar-refractivity contribution >= 4 is 17.5 Å². The monoisotopic (exact) mass is 451 g/mol. The van der Waals surface area contributed by atoms with Crippen LogP contribution in [0.3, 0.4) is 0 Å². The molecule has 0 bridgehead atoms. The average molecular weight is 452 g/mol. The second kappa shape index (κ2) is 9.95. The molecule has 0 spiro atoms. The molecular formula is C21H30ClN5O4. The topological polar surface area (TPSA) is 135 Å². The molecule has 1 aromatic heterocycles. The number of aromatic nitrogens is 3. The first-order valence-electron chi connectivity index (χ1n) is 10.6. The van der Waals surface area contributed by atoms with Crippen molar-refractivity contribution in [3.8, 4) is 5.69 Å². The lowest BCUT2D eigenvalue weighted by molar-refractivity contribution is 0.0246. The second-order valence-electron chi connectivity index (χ2n) is 8.23. The van der Waals surface area contributed by atoms with Gasteiger partial charge in [0.25, 0.3) is 5.91 Å². The molecule has 1 fully saturated rings. The quantitative estimate of drug-likeness (QED) is 0.466. The zero-order valence-corrected chi connectivity index (χ0v) is 18.4. The van der Waals surface area contributed by atoms with E-state index in [9.17, 15) is 19.8 Å². The number of carbonyl (C=O) groups excluding carboxylic acids is 1. The number of halogens is 1. The maximum absolute atomic E-state index is 12.8. The Morgan fingerprint density at radius 2 is 2.00 bits per heavy atom. The number of hydrogen-bond donors (Lipinski definition) is 4. The van der Waals surface area contributed by atoms with Crippen LogP contribution in [0.5, 0.6) is 0 Å². The van der Waals surface area contributed by atoms with E-state index >= 15 is 0 Å². The molecule has 1 aromatic carbocycles. The smallest absolute Gasteiger partial charge is 0.350 e. The van der Waals surface area contributed by atoms with Crippen molar-refractivity contribution in [1.29, 1.82) is 0 Å².